The normalized spacial score (nSPS) is 11.5. The fourth-order valence-electron chi connectivity index (χ4n) is 1.55. The monoisotopic (exact) mass is 288 g/mol. The predicted molar refractivity (Wildman–Crippen MR) is 62.0 cm³/mol. The molecule has 0 heterocycles. The highest BCUT2D eigenvalue weighted by atomic mass is 19.3. The molecule has 0 fully saturated rings. The molecule has 0 radical (unpaired) electrons. The van der Waals surface area contributed by atoms with Gasteiger partial charge in [-0.2, -0.15) is 8.78 Å². The highest BCUT2D eigenvalue weighted by Crippen LogP contribution is 2.32. The number of hydrogen-bond acceptors (Lipinski definition) is 1. The molecule has 0 saturated carbocycles. The lowest BCUT2D eigenvalue weighted by Gasteiger charge is -2.18. The number of benzene rings is 2. The standard InChI is InChI=1S/C14H9F5O/c1-8-2-4-9(5-3-8)14(18,19)20-10-6-11(15)13(17)12(16)7-10/h2-7H,1H3. The summed E-state index contributed by atoms with van der Waals surface area (Å²) < 4.78 is 70.4. The van der Waals surface area contributed by atoms with Gasteiger partial charge in [-0.25, -0.2) is 13.2 Å². The summed E-state index contributed by atoms with van der Waals surface area (Å²) in [6, 6.07) is 5.87. The average Bonchev–Trinajstić information content (AvgIpc) is 2.36. The minimum Gasteiger partial charge on any atom is -0.429 e. The van der Waals surface area contributed by atoms with Crippen LogP contribution in [0.4, 0.5) is 22.0 Å². The van der Waals surface area contributed by atoms with E-state index in [9.17, 15) is 22.0 Å². The van der Waals surface area contributed by atoms with E-state index in [0.29, 0.717) is 12.1 Å². The number of hydrogen-bond donors (Lipinski definition) is 0. The molecule has 0 aliphatic rings. The fourth-order valence-corrected chi connectivity index (χ4v) is 1.55. The van der Waals surface area contributed by atoms with Crippen molar-refractivity contribution in [3.8, 4) is 5.75 Å². The molecule has 0 bridgehead atoms. The average molecular weight is 288 g/mol. The largest absolute Gasteiger partial charge is 0.429 e. The van der Waals surface area contributed by atoms with Gasteiger partial charge in [-0.3, -0.25) is 0 Å². The Labute approximate surface area is 111 Å². The van der Waals surface area contributed by atoms with Gasteiger partial charge in [-0.1, -0.05) is 17.7 Å². The van der Waals surface area contributed by atoms with Crippen molar-refractivity contribution < 1.29 is 26.7 Å². The molecule has 2 rings (SSSR count). The van der Waals surface area contributed by atoms with Crippen molar-refractivity contribution in [3.05, 3.63) is 65.0 Å². The molecular formula is C14H9F5O. The molecule has 6 heteroatoms. The van der Waals surface area contributed by atoms with E-state index in [-0.39, 0.29) is 0 Å². The summed E-state index contributed by atoms with van der Waals surface area (Å²) in [4.78, 5) is 0. The molecule has 0 aliphatic carbocycles. The van der Waals surface area contributed by atoms with Crippen LogP contribution in [0.5, 0.6) is 5.75 Å². The van der Waals surface area contributed by atoms with Gasteiger partial charge in [0.15, 0.2) is 17.5 Å². The third-order valence-electron chi connectivity index (χ3n) is 2.59. The third-order valence-corrected chi connectivity index (χ3v) is 2.59. The summed E-state index contributed by atoms with van der Waals surface area (Å²) in [6.07, 6.45) is -3.79. The number of rotatable bonds is 3. The van der Waals surface area contributed by atoms with Crippen molar-refractivity contribution in [1.29, 1.82) is 0 Å². The van der Waals surface area contributed by atoms with Crippen LogP contribution in [0.2, 0.25) is 0 Å². The fraction of sp³-hybridized carbons (Fsp3) is 0.143. The maximum atomic E-state index is 13.8. The topological polar surface area (TPSA) is 9.23 Å². The Kier molecular flexibility index (Phi) is 3.65. The molecular weight excluding hydrogens is 279 g/mol. The Morgan fingerprint density at radius 1 is 0.900 bits per heavy atom. The summed E-state index contributed by atoms with van der Waals surface area (Å²) in [5, 5.41) is 0. The van der Waals surface area contributed by atoms with Crippen LogP contribution in [0.1, 0.15) is 11.1 Å². The molecule has 20 heavy (non-hydrogen) atoms. The molecule has 0 aromatic heterocycles. The predicted octanol–water partition coefficient (Wildman–Crippen LogP) is 4.54. The van der Waals surface area contributed by atoms with Crippen molar-refractivity contribution in [3.63, 3.8) is 0 Å². The molecule has 106 valence electrons. The van der Waals surface area contributed by atoms with Crippen molar-refractivity contribution in [2.45, 2.75) is 13.0 Å². The second kappa shape index (κ2) is 5.11. The van der Waals surface area contributed by atoms with Crippen LogP contribution >= 0.6 is 0 Å². The summed E-state index contributed by atoms with van der Waals surface area (Å²) in [7, 11) is 0. The molecule has 0 atom stereocenters. The van der Waals surface area contributed by atoms with Crippen LogP contribution in [0, 0.1) is 24.4 Å². The van der Waals surface area contributed by atoms with Crippen molar-refractivity contribution >= 4 is 0 Å². The Hall–Kier alpha value is -2.11. The highest BCUT2D eigenvalue weighted by Gasteiger charge is 2.35. The number of alkyl halides is 2. The van der Waals surface area contributed by atoms with Crippen LogP contribution in [0.3, 0.4) is 0 Å². The Bertz CT molecular complexity index is 599. The first-order chi connectivity index (χ1) is 9.29. The maximum absolute atomic E-state index is 13.8. The SMILES string of the molecule is Cc1ccc(C(F)(F)Oc2cc(F)c(F)c(F)c2)cc1. The van der Waals surface area contributed by atoms with E-state index in [2.05, 4.69) is 4.74 Å². The van der Waals surface area contributed by atoms with E-state index in [1.165, 1.54) is 12.1 Å². The Balaban J connectivity index is 2.30. The van der Waals surface area contributed by atoms with Crippen molar-refractivity contribution in [1.82, 2.24) is 0 Å². The first-order valence-electron chi connectivity index (χ1n) is 5.58. The molecule has 0 amide bonds. The number of halogens is 5. The summed E-state index contributed by atoms with van der Waals surface area (Å²) in [5.41, 5.74) is 0.289. The summed E-state index contributed by atoms with van der Waals surface area (Å²) >= 11 is 0. The van der Waals surface area contributed by atoms with Crippen LogP contribution in [0.15, 0.2) is 36.4 Å². The van der Waals surface area contributed by atoms with Gasteiger partial charge in [0.2, 0.25) is 0 Å². The number of ether oxygens (including phenoxy) is 1. The quantitative estimate of drug-likeness (QED) is 0.595. The minimum atomic E-state index is -3.79. The van der Waals surface area contributed by atoms with E-state index in [1.54, 1.807) is 6.92 Å². The molecule has 0 N–H and O–H groups in total. The van der Waals surface area contributed by atoms with E-state index in [1.807, 2.05) is 0 Å². The second-order valence-corrected chi connectivity index (χ2v) is 4.19. The van der Waals surface area contributed by atoms with Crippen LogP contribution in [0.25, 0.3) is 0 Å². The minimum absolute atomic E-state index is 0.362. The van der Waals surface area contributed by atoms with Gasteiger partial charge < -0.3 is 4.74 Å². The molecule has 0 saturated heterocycles. The van der Waals surface area contributed by atoms with E-state index in [4.69, 9.17) is 0 Å². The Morgan fingerprint density at radius 3 is 1.90 bits per heavy atom. The van der Waals surface area contributed by atoms with Crippen molar-refractivity contribution in [2.75, 3.05) is 0 Å². The van der Waals surface area contributed by atoms with Crippen LogP contribution in [-0.2, 0) is 6.11 Å². The van der Waals surface area contributed by atoms with E-state index >= 15 is 0 Å². The lowest BCUT2D eigenvalue weighted by molar-refractivity contribution is -0.185. The maximum Gasteiger partial charge on any atom is 0.426 e. The van der Waals surface area contributed by atoms with E-state index < -0.39 is 34.9 Å². The smallest absolute Gasteiger partial charge is 0.426 e. The first-order valence-corrected chi connectivity index (χ1v) is 5.58. The lowest BCUT2D eigenvalue weighted by Crippen LogP contribution is -2.22. The highest BCUT2D eigenvalue weighted by molar-refractivity contribution is 5.28. The molecule has 2 aromatic rings. The van der Waals surface area contributed by atoms with Crippen molar-refractivity contribution in [2.24, 2.45) is 0 Å². The van der Waals surface area contributed by atoms with Gasteiger partial charge in [0, 0.05) is 12.1 Å². The molecule has 1 nitrogen and oxygen atoms in total. The van der Waals surface area contributed by atoms with Gasteiger partial charge in [-0.15, -0.1) is 0 Å². The van der Waals surface area contributed by atoms with Crippen LogP contribution in [-0.4, -0.2) is 0 Å². The lowest BCUT2D eigenvalue weighted by atomic mass is 10.1. The van der Waals surface area contributed by atoms with Gasteiger partial charge >= 0.3 is 6.11 Å². The first kappa shape index (κ1) is 14.3. The summed E-state index contributed by atoms with van der Waals surface area (Å²) in [5.74, 6) is -5.73. The summed E-state index contributed by atoms with van der Waals surface area (Å²) in [6.45, 7) is 1.72. The number of aryl methyl sites for hydroxylation is 1. The van der Waals surface area contributed by atoms with Gasteiger partial charge in [-0.05, 0) is 19.1 Å². The zero-order valence-electron chi connectivity index (χ0n) is 10.3. The zero-order chi connectivity index (χ0) is 14.9. The van der Waals surface area contributed by atoms with E-state index in [0.717, 1.165) is 17.7 Å². The third kappa shape index (κ3) is 2.89. The molecule has 0 aliphatic heterocycles. The van der Waals surface area contributed by atoms with Gasteiger partial charge in [0.1, 0.15) is 5.75 Å². The van der Waals surface area contributed by atoms with Gasteiger partial charge in [0.25, 0.3) is 0 Å². The molecule has 0 spiro atoms. The zero-order valence-corrected chi connectivity index (χ0v) is 10.3. The second-order valence-electron chi connectivity index (χ2n) is 4.19. The molecule has 0 unspecified atom stereocenters. The van der Waals surface area contributed by atoms with Crippen LogP contribution < -0.4 is 4.74 Å². The molecule has 2 aromatic carbocycles. The van der Waals surface area contributed by atoms with Gasteiger partial charge in [0.05, 0.1) is 5.56 Å². The Morgan fingerprint density at radius 2 is 1.40 bits per heavy atom.